The van der Waals surface area contributed by atoms with Gasteiger partial charge in [0.15, 0.2) is 0 Å². The van der Waals surface area contributed by atoms with Crippen LogP contribution in [0.1, 0.15) is 15.9 Å². The minimum atomic E-state index is -1.19. The van der Waals surface area contributed by atoms with E-state index in [0.717, 1.165) is 0 Å². The van der Waals surface area contributed by atoms with Crippen molar-refractivity contribution in [3.63, 3.8) is 0 Å². The molecule has 0 bridgehead atoms. The van der Waals surface area contributed by atoms with Gasteiger partial charge in [0.1, 0.15) is 0 Å². The van der Waals surface area contributed by atoms with Crippen LogP contribution in [0.4, 0.5) is 0 Å². The number of carboxylic acids is 1. The van der Waals surface area contributed by atoms with Crippen LogP contribution in [0.2, 0.25) is 0 Å². The summed E-state index contributed by atoms with van der Waals surface area (Å²) in [6, 6.07) is 5.96. The second-order valence-corrected chi connectivity index (χ2v) is 2.01. The number of hydrogen-bond donors (Lipinski definition) is 0. The molecule has 1 aromatic rings. The van der Waals surface area contributed by atoms with Crippen molar-refractivity contribution in [1.82, 2.24) is 0 Å². The Balaban J connectivity index is 0.00000121. The summed E-state index contributed by atoms with van der Waals surface area (Å²) < 4.78 is 0. The van der Waals surface area contributed by atoms with E-state index >= 15 is 0 Å². The number of aromatic carboxylic acids is 1. The Bertz CT molecular complexity index is 308. The number of benzene rings is 1. The summed E-state index contributed by atoms with van der Waals surface area (Å²) >= 11 is 0. The summed E-state index contributed by atoms with van der Waals surface area (Å²) in [6.45, 7) is 0. The minimum Gasteiger partial charge on any atom is -0.545 e. The predicted molar refractivity (Wildman–Crippen MR) is 38.7 cm³/mol. The molecule has 0 atom stereocenters. The molecular weight excluding hydrogens is 163 g/mol. The second-order valence-electron chi connectivity index (χ2n) is 2.01. The molecule has 0 unspecified atom stereocenters. The Morgan fingerprint density at radius 2 is 1.83 bits per heavy atom. The van der Waals surface area contributed by atoms with Crippen molar-refractivity contribution in [1.29, 1.82) is 0 Å². The van der Waals surface area contributed by atoms with E-state index in [0.29, 0.717) is 5.56 Å². The monoisotopic (exact) mass is 168 g/mol. The molecule has 1 aromatic carbocycles. The van der Waals surface area contributed by atoms with E-state index in [2.05, 4.69) is 5.92 Å². The summed E-state index contributed by atoms with van der Waals surface area (Å²) in [7, 11) is 0. The molecule has 0 aliphatic heterocycles. The zero-order valence-electron chi connectivity index (χ0n) is 6.70. The Morgan fingerprint density at radius 3 is 2.17 bits per heavy atom. The zero-order chi connectivity index (χ0) is 8.27. The first kappa shape index (κ1) is 11.2. The Hall–Kier alpha value is -0.750. The van der Waals surface area contributed by atoms with Gasteiger partial charge in [0.2, 0.25) is 0 Å². The van der Waals surface area contributed by atoms with Crippen molar-refractivity contribution in [3.05, 3.63) is 35.4 Å². The fourth-order valence-corrected chi connectivity index (χ4v) is 0.703. The van der Waals surface area contributed by atoms with Crippen molar-refractivity contribution >= 4 is 5.97 Å². The Labute approximate surface area is 92.9 Å². The molecule has 0 heterocycles. The van der Waals surface area contributed by atoms with E-state index in [1.807, 2.05) is 0 Å². The van der Waals surface area contributed by atoms with E-state index < -0.39 is 5.97 Å². The van der Waals surface area contributed by atoms with Gasteiger partial charge in [-0.15, -0.1) is 6.42 Å². The molecule has 0 saturated carbocycles. The van der Waals surface area contributed by atoms with Gasteiger partial charge in [-0.25, -0.2) is 0 Å². The van der Waals surface area contributed by atoms with Gasteiger partial charge < -0.3 is 9.90 Å². The maximum Gasteiger partial charge on any atom is 1.00 e. The van der Waals surface area contributed by atoms with E-state index in [1.165, 1.54) is 12.1 Å². The molecular formula is C9H5NaO2. The number of carboxylic acid groups (broad SMARTS) is 1. The SMILES string of the molecule is C#Cc1ccc(C(=O)[O-])cc1.[Na+]. The Morgan fingerprint density at radius 1 is 1.33 bits per heavy atom. The van der Waals surface area contributed by atoms with Gasteiger partial charge in [0, 0.05) is 5.56 Å². The normalized spacial score (nSPS) is 7.92. The van der Waals surface area contributed by atoms with E-state index in [1.54, 1.807) is 12.1 Å². The van der Waals surface area contributed by atoms with Gasteiger partial charge in [-0.3, -0.25) is 0 Å². The third-order valence-electron chi connectivity index (χ3n) is 1.29. The van der Waals surface area contributed by atoms with Crippen LogP contribution in [-0.4, -0.2) is 5.97 Å². The maximum atomic E-state index is 10.2. The second kappa shape index (κ2) is 5.00. The summed E-state index contributed by atoms with van der Waals surface area (Å²) in [5, 5.41) is 10.2. The van der Waals surface area contributed by atoms with Crippen molar-refractivity contribution < 1.29 is 39.5 Å². The van der Waals surface area contributed by atoms with Crippen LogP contribution in [0.15, 0.2) is 24.3 Å². The molecule has 54 valence electrons. The van der Waals surface area contributed by atoms with Crippen LogP contribution in [-0.2, 0) is 0 Å². The van der Waals surface area contributed by atoms with E-state index in [-0.39, 0.29) is 35.1 Å². The van der Waals surface area contributed by atoms with E-state index in [4.69, 9.17) is 6.42 Å². The summed E-state index contributed by atoms with van der Waals surface area (Å²) in [5.41, 5.74) is 0.805. The number of carbonyl (C=O) groups is 1. The Kier molecular flexibility index (Phi) is 4.68. The summed E-state index contributed by atoms with van der Waals surface area (Å²) in [4.78, 5) is 10.2. The van der Waals surface area contributed by atoms with Crippen LogP contribution < -0.4 is 34.7 Å². The van der Waals surface area contributed by atoms with Crippen LogP contribution in [0.25, 0.3) is 0 Å². The molecule has 0 aliphatic carbocycles. The van der Waals surface area contributed by atoms with Gasteiger partial charge in [-0.1, -0.05) is 18.1 Å². The van der Waals surface area contributed by atoms with Crippen molar-refractivity contribution in [2.75, 3.05) is 0 Å². The van der Waals surface area contributed by atoms with Crippen molar-refractivity contribution in [3.8, 4) is 12.3 Å². The maximum absolute atomic E-state index is 10.2. The topological polar surface area (TPSA) is 40.1 Å². The quantitative estimate of drug-likeness (QED) is 0.332. The van der Waals surface area contributed by atoms with Gasteiger partial charge in [0.05, 0.1) is 5.97 Å². The van der Waals surface area contributed by atoms with Crippen molar-refractivity contribution in [2.24, 2.45) is 0 Å². The van der Waals surface area contributed by atoms with E-state index in [9.17, 15) is 9.90 Å². The van der Waals surface area contributed by atoms with Crippen LogP contribution >= 0.6 is 0 Å². The first-order valence-corrected chi connectivity index (χ1v) is 3.02. The molecule has 0 saturated heterocycles. The smallest absolute Gasteiger partial charge is 0.545 e. The fraction of sp³-hybridized carbons (Fsp3) is 0. The number of rotatable bonds is 1. The van der Waals surface area contributed by atoms with Crippen molar-refractivity contribution in [2.45, 2.75) is 0 Å². The standard InChI is InChI=1S/C9H6O2.Na/c1-2-7-3-5-8(6-4-7)9(10)11;/h1,3-6H,(H,10,11);/q;+1/p-1. The van der Waals surface area contributed by atoms with Crippen LogP contribution in [0.5, 0.6) is 0 Å². The molecule has 1 rings (SSSR count). The van der Waals surface area contributed by atoms with Gasteiger partial charge in [-0.2, -0.15) is 0 Å². The molecule has 0 radical (unpaired) electrons. The van der Waals surface area contributed by atoms with Gasteiger partial charge >= 0.3 is 29.6 Å². The van der Waals surface area contributed by atoms with Crippen LogP contribution in [0.3, 0.4) is 0 Å². The largest absolute Gasteiger partial charge is 1.00 e. The third kappa shape index (κ3) is 2.71. The van der Waals surface area contributed by atoms with Gasteiger partial charge in [-0.05, 0) is 17.7 Å². The third-order valence-corrected chi connectivity index (χ3v) is 1.29. The number of carbonyl (C=O) groups excluding carboxylic acids is 1. The average Bonchev–Trinajstić information content (AvgIpc) is 2.05. The molecule has 3 heteroatoms. The fourth-order valence-electron chi connectivity index (χ4n) is 0.703. The average molecular weight is 168 g/mol. The number of terminal acetylenes is 1. The summed E-state index contributed by atoms with van der Waals surface area (Å²) in [6.07, 6.45) is 5.06. The van der Waals surface area contributed by atoms with Gasteiger partial charge in [0.25, 0.3) is 0 Å². The van der Waals surface area contributed by atoms with Crippen LogP contribution in [0, 0.1) is 12.3 Å². The first-order valence-electron chi connectivity index (χ1n) is 3.02. The molecule has 0 N–H and O–H groups in total. The molecule has 0 fully saturated rings. The first-order chi connectivity index (χ1) is 5.24. The molecule has 12 heavy (non-hydrogen) atoms. The zero-order valence-corrected chi connectivity index (χ0v) is 8.70. The molecule has 2 nitrogen and oxygen atoms in total. The number of hydrogen-bond acceptors (Lipinski definition) is 2. The minimum absolute atomic E-state index is 0. The molecule has 0 spiro atoms. The predicted octanol–water partition coefficient (Wildman–Crippen LogP) is -2.96. The summed E-state index contributed by atoms with van der Waals surface area (Å²) in [5.74, 6) is 1.19. The molecule has 0 amide bonds. The molecule has 0 aliphatic rings. The molecule has 0 aromatic heterocycles.